The summed E-state index contributed by atoms with van der Waals surface area (Å²) in [5.41, 5.74) is 6.27. The van der Waals surface area contributed by atoms with Crippen molar-refractivity contribution in [2.24, 2.45) is 10.7 Å². The lowest BCUT2D eigenvalue weighted by Gasteiger charge is -2.19. The fraction of sp³-hybridized carbons (Fsp3) is 0.267. The fourth-order valence-corrected chi connectivity index (χ4v) is 2.79. The number of primary amides is 1. The van der Waals surface area contributed by atoms with Crippen molar-refractivity contribution in [3.05, 3.63) is 46.2 Å². The Morgan fingerprint density at radius 3 is 2.82 bits per heavy atom. The van der Waals surface area contributed by atoms with E-state index in [1.165, 1.54) is 0 Å². The van der Waals surface area contributed by atoms with Crippen LogP contribution in [-0.2, 0) is 14.3 Å². The molecule has 1 saturated heterocycles. The average Bonchev–Trinajstić information content (AvgIpc) is 3.08. The molecule has 0 unspecified atom stereocenters. The van der Waals surface area contributed by atoms with Crippen LogP contribution in [0.25, 0.3) is 0 Å². The van der Waals surface area contributed by atoms with E-state index in [0.717, 1.165) is 10.9 Å². The molecule has 3 rings (SSSR count). The van der Waals surface area contributed by atoms with Crippen molar-refractivity contribution in [3.8, 4) is 0 Å². The number of carbonyl (C=O) groups excluding carboxylic acids is 2. The van der Waals surface area contributed by atoms with E-state index in [2.05, 4.69) is 20.9 Å². The highest BCUT2D eigenvalue weighted by molar-refractivity contribution is 9.10. The summed E-state index contributed by atoms with van der Waals surface area (Å²) in [5.74, 6) is -0.649. The van der Waals surface area contributed by atoms with Crippen molar-refractivity contribution in [3.63, 3.8) is 0 Å². The van der Waals surface area contributed by atoms with Crippen LogP contribution < -0.4 is 5.73 Å². The lowest BCUT2D eigenvalue weighted by molar-refractivity contribution is -0.130. The SMILES string of the molecule is NC(=O)[C@@H]1CCCN1/C=C1\N=C(c2ccc(Br)cc2)OC1=O. The van der Waals surface area contributed by atoms with Gasteiger partial charge in [0, 0.05) is 22.8 Å². The number of hydrogen-bond donors (Lipinski definition) is 1. The number of rotatable bonds is 3. The zero-order chi connectivity index (χ0) is 15.7. The monoisotopic (exact) mass is 363 g/mol. The van der Waals surface area contributed by atoms with Crippen molar-refractivity contribution < 1.29 is 14.3 Å². The topological polar surface area (TPSA) is 85.0 Å². The molecule has 0 bridgehead atoms. The quantitative estimate of drug-likeness (QED) is 0.651. The van der Waals surface area contributed by atoms with Crippen molar-refractivity contribution >= 4 is 33.7 Å². The number of halogens is 1. The molecule has 1 fully saturated rings. The molecule has 7 heteroatoms. The van der Waals surface area contributed by atoms with Gasteiger partial charge in [-0.3, -0.25) is 4.79 Å². The van der Waals surface area contributed by atoms with Gasteiger partial charge in [0.05, 0.1) is 0 Å². The Labute approximate surface area is 135 Å². The van der Waals surface area contributed by atoms with Crippen LogP contribution in [0.4, 0.5) is 0 Å². The second-order valence-electron chi connectivity index (χ2n) is 5.13. The van der Waals surface area contributed by atoms with Gasteiger partial charge in [0.1, 0.15) is 6.04 Å². The zero-order valence-corrected chi connectivity index (χ0v) is 13.2. The van der Waals surface area contributed by atoms with E-state index >= 15 is 0 Å². The summed E-state index contributed by atoms with van der Waals surface area (Å²) in [6, 6.07) is 6.92. The Kier molecular flexibility index (Phi) is 3.98. The van der Waals surface area contributed by atoms with Crippen molar-refractivity contribution in [1.82, 2.24) is 4.90 Å². The summed E-state index contributed by atoms with van der Waals surface area (Å²) in [5, 5.41) is 0. The third-order valence-electron chi connectivity index (χ3n) is 3.62. The maximum atomic E-state index is 11.9. The van der Waals surface area contributed by atoms with Crippen molar-refractivity contribution in [2.45, 2.75) is 18.9 Å². The number of hydrogen-bond acceptors (Lipinski definition) is 5. The number of ether oxygens (including phenoxy) is 1. The standard InChI is InChI=1S/C15H14BrN3O3/c16-10-5-3-9(4-6-10)14-18-11(15(21)22-14)8-19-7-1-2-12(19)13(17)20/h3-6,8,12H,1-2,7H2,(H2,17,20)/b11-8-/t12-/m0/s1. The van der Waals surface area contributed by atoms with Crippen molar-refractivity contribution in [1.29, 1.82) is 0 Å². The van der Waals surface area contributed by atoms with Crippen molar-refractivity contribution in [2.75, 3.05) is 6.54 Å². The number of likely N-dealkylation sites (tertiary alicyclic amines) is 1. The highest BCUT2D eigenvalue weighted by Gasteiger charge is 2.30. The van der Waals surface area contributed by atoms with E-state index in [-0.39, 0.29) is 17.6 Å². The van der Waals surface area contributed by atoms with E-state index in [0.29, 0.717) is 18.5 Å². The molecule has 114 valence electrons. The van der Waals surface area contributed by atoms with E-state index in [1.807, 2.05) is 12.1 Å². The second kappa shape index (κ2) is 5.92. The van der Waals surface area contributed by atoms with Gasteiger partial charge in [-0.2, -0.15) is 0 Å². The molecule has 2 N–H and O–H groups in total. The van der Waals surface area contributed by atoms with Crippen LogP contribution in [0.2, 0.25) is 0 Å². The van der Waals surface area contributed by atoms with Gasteiger partial charge < -0.3 is 15.4 Å². The molecular formula is C15H14BrN3O3. The van der Waals surface area contributed by atoms with Gasteiger partial charge in [0.15, 0.2) is 5.70 Å². The smallest absolute Gasteiger partial charge is 0.365 e. The van der Waals surface area contributed by atoms with E-state index < -0.39 is 11.9 Å². The number of esters is 1. The molecule has 2 heterocycles. The van der Waals surface area contributed by atoms with Gasteiger partial charge in [0.25, 0.3) is 0 Å². The van der Waals surface area contributed by atoms with Crippen LogP contribution in [0, 0.1) is 0 Å². The first-order chi connectivity index (χ1) is 10.5. The third kappa shape index (κ3) is 2.89. The second-order valence-corrected chi connectivity index (χ2v) is 6.04. The predicted molar refractivity (Wildman–Crippen MR) is 83.8 cm³/mol. The van der Waals surface area contributed by atoms with Crippen LogP contribution in [0.5, 0.6) is 0 Å². The molecule has 2 aliphatic heterocycles. The van der Waals surface area contributed by atoms with Gasteiger partial charge in [-0.1, -0.05) is 15.9 Å². The number of carbonyl (C=O) groups is 2. The van der Waals surface area contributed by atoms with E-state index in [9.17, 15) is 9.59 Å². The minimum atomic E-state index is -0.520. The van der Waals surface area contributed by atoms with E-state index in [1.54, 1.807) is 23.2 Å². The lowest BCUT2D eigenvalue weighted by Crippen LogP contribution is -2.37. The fourth-order valence-electron chi connectivity index (χ4n) is 2.52. The molecule has 2 aliphatic rings. The molecule has 0 aliphatic carbocycles. The molecule has 0 saturated carbocycles. The number of nitrogens with zero attached hydrogens (tertiary/aromatic N) is 2. The van der Waals surface area contributed by atoms with Crippen LogP contribution in [-0.4, -0.2) is 35.3 Å². The molecule has 0 spiro atoms. The first kappa shape index (κ1) is 14.8. The summed E-state index contributed by atoms with van der Waals surface area (Å²) in [7, 11) is 0. The third-order valence-corrected chi connectivity index (χ3v) is 4.15. The molecular weight excluding hydrogens is 350 g/mol. The highest BCUT2D eigenvalue weighted by Crippen LogP contribution is 2.22. The molecule has 1 amide bonds. The molecule has 22 heavy (non-hydrogen) atoms. The predicted octanol–water partition coefficient (Wildman–Crippen LogP) is 1.54. The Balaban J connectivity index is 1.85. The molecule has 1 atom stereocenters. The summed E-state index contributed by atoms with van der Waals surface area (Å²) >= 11 is 3.35. The van der Waals surface area contributed by atoms with Gasteiger partial charge in [-0.15, -0.1) is 0 Å². The maximum absolute atomic E-state index is 11.9. The highest BCUT2D eigenvalue weighted by atomic mass is 79.9. The molecule has 6 nitrogen and oxygen atoms in total. The van der Waals surface area contributed by atoms with Gasteiger partial charge in [-0.05, 0) is 37.1 Å². The maximum Gasteiger partial charge on any atom is 0.365 e. The summed E-state index contributed by atoms with van der Waals surface area (Å²) in [6.45, 7) is 0.674. The van der Waals surface area contributed by atoms with Gasteiger partial charge in [0.2, 0.25) is 11.8 Å². The van der Waals surface area contributed by atoms with Crippen LogP contribution in [0.15, 0.2) is 45.6 Å². The average molecular weight is 364 g/mol. The number of amides is 1. The van der Waals surface area contributed by atoms with Crippen LogP contribution in [0.3, 0.4) is 0 Å². The zero-order valence-electron chi connectivity index (χ0n) is 11.7. The summed E-state index contributed by atoms with van der Waals surface area (Å²) < 4.78 is 6.12. The molecule has 1 aromatic rings. The van der Waals surface area contributed by atoms with Gasteiger partial charge in [-0.25, -0.2) is 9.79 Å². The number of aliphatic imine (C=N–C) groups is 1. The number of nitrogens with two attached hydrogens (primary N) is 1. The van der Waals surface area contributed by atoms with Gasteiger partial charge >= 0.3 is 5.97 Å². The largest absolute Gasteiger partial charge is 0.402 e. The summed E-state index contributed by atoms with van der Waals surface area (Å²) in [4.78, 5) is 29.3. The minimum absolute atomic E-state index is 0.186. The number of benzene rings is 1. The van der Waals surface area contributed by atoms with Crippen LogP contribution >= 0.6 is 15.9 Å². The Hall–Kier alpha value is -2.15. The first-order valence-electron chi connectivity index (χ1n) is 6.88. The minimum Gasteiger partial charge on any atom is -0.402 e. The normalized spacial score (nSPS) is 22.9. The summed E-state index contributed by atoms with van der Waals surface area (Å²) in [6.07, 6.45) is 3.11. The molecule has 0 radical (unpaired) electrons. The van der Waals surface area contributed by atoms with E-state index in [4.69, 9.17) is 10.5 Å². The first-order valence-corrected chi connectivity index (χ1v) is 7.67. The molecule has 0 aromatic heterocycles. The van der Waals surface area contributed by atoms with Crippen LogP contribution in [0.1, 0.15) is 18.4 Å². The Bertz CT molecular complexity index is 682. The Morgan fingerprint density at radius 2 is 2.14 bits per heavy atom. The molecule has 1 aromatic carbocycles. The Morgan fingerprint density at radius 1 is 1.41 bits per heavy atom. The lowest BCUT2D eigenvalue weighted by atomic mass is 10.2. The number of cyclic esters (lactones) is 1.